The highest BCUT2D eigenvalue weighted by atomic mass is 32.1. The van der Waals surface area contributed by atoms with Crippen LogP contribution >= 0.6 is 11.3 Å². The molecule has 0 N–H and O–H groups in total. The maximum Gasteiger partial charge on any atom is 0.276 e. The van der Waals surface area contributed by atoms with E-state index < -0.39 is 5.60 Å². The zero-order valence-electron chi connectivity index (χ0n) is 14.8. The van der Waals surface area contributed by atoms with Gasteiger partial charge in [-0.2, -0.15) is 0 Å². The SMILES string of the molecule is Cc1csc(N(C(=O)C(C)(C)Oc2ccc(F)cc2)c2ccccc2)n1. The van der Waals surface area contributed by atoms with Crippen molar-refractivity contribution in [1.29, 1.82) is 0 Å². The predicted molar refractivity (Wildman–Crippen MR) is 102 cm³/mol. The molecule has 3 rings (SSSR count). The highest BCUT2D eigenvalue weighted by molar-refractivity contribution is 7.14. The number of halogens is 1. The fraction of sp³-hybridized carbons (Fsp3) is 0.200. The summed E-state index contributed by atoms with van der Waals surface area (Å²) < 4.78 is 19.0. The van der Waals surface area contributed by atoms with Crippen molar-refractivity contribution in [3.63, 3.8) is 0 Å². The van der Waals surface area contributed by atoms with Crippen molar-refractivity contribution < 1.29 is 13.9 Å². The quantitative estimate of drug-likeness (QED) is 0.626. The number of benzene rings is 2. The molecule has 3 aromatic rings. The van der Waals surface area contributed by atoms with Crippen LogP contribution in [0.5, 0.6) is 5.75 Å². The van der Waals surface area contributed by atoms with Crippen LogP contribution in [0.2, 0.25) is 0 Å². The van der Waals surface area contributed by atoms with Crippen molar-refractivity contribution in [3.05, 3.63) is 71.5 Å². The second kappa shape index (κ2) is 7.25. The van der Waals surface area contributed by atoms with Crippen molar-refractivity contribution in [2.24, 2.45) is 0 Å². The number of aromatic nitrogens is 1. The van der Waals surface area contributed by atoms with E-state index in [0.29, 0.717) is 16.6 Å². The first-order valence-electron chi connectivity index (χ1n) is 8.13. The number of ether oxygens (including phenoxy) is 1. The Labute approximate surface area is 155 Å². The van der Waals surface area contributed by atoms with E-state index in [9.17, 15) is 9.18 Å². The van der Waals surface area contributed by atoms with Crippen LogP contribution in [0.1, 0.15) is 19.5 Å². The molecule has 0 saturated carbocycles. The molecule has 0 aliphatic heterocycles. The van der Waals surface area contributed by atoms with Gasteiger partial charge in [-0.3, -0.25) is 9.69 Å². The first kappa shape index (κ1) is 18.1. The summed E-state index contributed by atoms with van der Waals surface area (Å²) in [6.45, 7) is 5.26. The van der Waals surface area contributed by atoms with Gasteiger partial charge in [0.25, 0.3) is 5.91 Å². The number of carbonyl (C=O) groups excluding carboxylic acids is 1. The molecule has 0 aliphatic carbocycles. The topological polar surface area (TPSA) is 42.4 Å². The molecule has 0 bridgehead atoms. The number of amides is 1. The Morgan fingerprint density at radius 3 is 2.35 bits per heavy atom. The molecule has 0 radical (unpaired) electrons. The van der Waals surface area contributed by atoms with E-state index in [4.69, 9.17) is 4.74 Å². The lowest BCUT2D eigenvalue weighted by Gasteiger charge is -2.31. The third-order valence-electron chi connectivity index (χ3n) is 3.72. The number of para-hydroxylation sites is 1. The van der Waals surface area contributed by atoms with E-state index in [0.717, 1.165) is 5.69 Å². The number of nitrogens with zero attached hydrogens (tertiary/aromatic N) is 2. The Balaban J connectivity index is 1.94. The maximum absolute atomic E-state index is 13.3. The highest BCUT2D eigenvalue weighted by Gasteiger charge is 2.37. The molecule has 0 spiro atoms. The van der Waals surface area contributed by atoms with Crippen LogP contribution in [-0.2, 0) is 4.79 Å². The van der Waals surface area contributed by atoms with E-state index in [-0.39, 0.29) is 11.7 Å². The number of carbonyl (C=O) groups is 1. The Bertz CT molecular complexity index is 892. The Kier molecular flexibility index (Phi) is 5.04. The first-order valence-corrected chi connectivity index (χ1v) is 9.01. The number of hydrogen-bond donors (Lipinski definition) is 0. The highest BCUT2D eigenvalue weighted by Crippen LogP contribution is 2.32. The summed E-state index contributed by atoms with van der Waals surface area (Å²) in [4.78, 5) is 19.4. The number of thiazole rings is 1. The van der Waals surface area contributed by atoms with Crippen LogP contribution < -0.4 is 9.64 Å². The molecule has 0 aliphatic rings. The van der Waals surface area contributed by atoms with Gasteiger partial charge in [-0.15, -0.1) is 11.3 Å². The Morgan fingerprint density at radius 1 is 1.12 bits per heavy atom. The molecule has 26 heavy (non-hydrogen) atoms. The van der Waals surface area contributed by atoms with E-state index in [1.165, 1.54) is 35.6 Å². The fourth-order valence-corrected chi connectivity index (χ4v) is 3.27. The smallest absolute Gasteiger partial charge is 0.276 e. The molecular formula is C20H19FN2O2S. The summed E-state index contributed by atoms with van der Waals surface area (Å²) >= 11 is 1.39. The average molecular weight is 370 g/mol. The van der Waals surface area contributed by atoms with Gasteiger partial charge < -0.3 is 4.74 Å². The molecule has 0 unspecified atom stereocenters. The van der Waals surface area contributed by atoms with Gasteiger partial charge in [0.15, 0.2) is 10.7 Å². The van der Waals surface area contributed by atoms with Crippen LogP contribution in [-0.4, -0.2) is 16.5 Å². The maximum atomic E-state index is 13.3. The number of hydrogen-bond acceptors (Lipinski definition) is 4. The molecule has 4 nitrogen and oxygen atoms in total. The van der Waals surface area contributed by atoms with Crippen LogP contribution in [0.25, 0.3) is 0 Å². The minimum Gasteiger partial charge on any atom is -0.478 e. The van der Waals surface area contributed by atoms with Gasteiger partial charge in [0.2, 0.25) is 0 Å². The van der Waals surface area contributed by atoms with E-state index in [1.54, 1.807) is 18.7 Å². The largest absolute Gasteiger partial charge is 0.478 e. The van der Waals surface area contributed by atoms with Gasteiger partial charge in [-0.1, -0.05) is 18.2 Å². The zero-order valence-corrected chi connectivity index (χ0v) is 15.6. The Morgan fingerprint density at radius 2 is 1.77 bits per heavy atom. The lowest BCUT2D eigenvalue weighted by molar-refractivity contribution is -0.130. The van der Waals surface area contributed by atoms with Crippen molar-refractivity contribution in [2.75, 3.05) is 4.90 Å². The summed E-state index contributed by atoms with van der Waals surface area (Å²) in [7, 11) is 0. The molecule has 1 heterocycles. The van der Waals surface area contributed by atoms with Crippen LogP contribution in [0, 0.1) is 12.7 Å². The molecule has 6 heteroatoms. The summed E-state index contributed by atoms with van der Waals surface area (Å²) in [5, 5.41) is 2.47. The van der Waals surface area contributed by atoms with Crippen molar-refractivity contribution in [3.8, 4) is 5.75 Å². The van der Waals surface area contributed by atoms with Crippen LogP contribution in [0.4, 0.5) is 15.2 Å². The second-order valence-electron chi connectivity index (χ2n) is 6.31. The van der Waals surface area contributed by atoms with E-state index in [2.05, 4.69) is 4.98 Å². The van der Waals surface area contributed by atoms with Gasteiger partial charge in [0, 0.05) is 5.38 Å². The van der Waals surface area contributed by atoms with Crippen LogP contribution in [0.15, 0.2) is 60.0 Å². The molecule has 2 aromatic carbocycles. The monoisotopic (exact) mass is 370 g/mol. The molecule has 134 valence electrons. The van der Waals surface area contributed by atoms with Gasteiger partial charge in [-0.05, 0) is 57.2 Å². The lowest BCUT2D eigenvalue weighted by Crippen LogP contribution is -2.47. The summed E-state index contributed by atoms with van der Waals surface area (Å²) in [6.07, 6.45) is 0. The minimum atomic E-state index is -1.17. The Hall–Kier alpha value is -2.73. The lowest BCUT2D eigenvalue weighted by atomic mass is 10.1. The minimum absolute atomic E-state index is 0.262. The number of anilines is 2. The number of rotatable bonds is 5. The normalized spacial score (nSPS) is 11.2. The second-order valence-corrected chi connectivity index (χ2v) is 7.15. The molecule has 0 saturated heterocycles. The zero-order chi connectivity index (χ0) is 18.7. The van der Waals surface area contributed by atoms with Gasteiger partial charge in [0.05, 0.1) is 11.4 Å². The van der Waals surface area contributed by atoms with Crippen molar-refractivity contribution in [2.45, 2.75) is 26.4 Å². The summed E-state index contributed by atoms with van der Waals surface area (Å²) in [5.41, 5.74) is 0.381. The van der Waals surface area contributed by atoms with Crippen LogP contribution in [0.3, 0.4) is 0 Å². The molecular weight excluding hydrogens is 351 g/mol. The summed E-state index contributed by atoms with van der Waals surface area (Å²) in [6, 6.07) is 14.9. The van der Waals surface area contributed by atoms with E-state index >= 15 is 0 Å². The first-order chi connectivity index (χ1) is 12.4. The molecule has 0 atom stereocenters. The van der Waals surface area contributed by atoms with E-state index in [1.807, 2.05) is 42.6 Å². The fourth-order valence-electron chi connectivity index (χ4n) is 2.45. The average Bonchev–Trinajstić information content (AvgIpc) is 3.04. The number of aryl methyl sites for hydroxylation is 1. The van der Waals surface area contributed by atoms with Gasteiger partial charge in [0.1, 0.15) is 11.6 Å². The predicted octanol–water partition coefficient (Wildman–Crippen LogP) is 5.11. The van der Waals surface area contributed by atoms with Crippen molar-refractivity contribution >= 4 is 28.1 Å². The molecule has 1 amide bonds. The van der Waals surface area contributed by atoms with Gasteiger partial charge >= 0.3 is 0 Å². The van der Waals surface area contributed by atoms with Gasteiger partial charge in [-0.25, -0.2) is 9.37 Å². The van der Waals surface area contributed by atoms with Crippen molar-refractivity contribution in [1.82, 2.24) is 4.98 Å². The molecule has 1 aromatic heterocycles. The third kappa shape index (κ3) is 3.91. The third-order valence-corrected chi connectivity index (χ3v) is 4.66. The summed E-state index contributed by atoms with van der Waals surface area (Å²) in [5.74, 6) is -0.193. The standard InChI is InChI=1S/C20H19FN2O2S/c1-14-13-26-19(22-14)23(16-7-5-4-6-8-16)18(24)20(2,3)25-17-11-9-15(21)10-12-17/h4-13H,1-3H3. The molecule has 0 fully saturated rings.